The second kappa shape index (κ2) is 13.3. The molecule has 1 aromatic carbocycles. The van der Waals surface area contributed by atoms with Gasteiger partial charge in [-0.1, -0.05) is 51.6 Å². The Kier molecular flexibility index (Phi) is 10.2. The van der Waals surface area contributed by atoms with Crippen molar-refractivity contribution in [2.75, 3.05) is 13.1 Å². The predicted octanol–water partition coefficient (Wildman–Crippen LogP) is 5.74. The van der Waals surface area contributed by atoms with Crippen molar-refractivity contribution >= 4 is 29.8 Å². The lowest BCUT2D eigenvalue weighted by Crippen LogP contribution is -2.37. The molecule has 9 heteroatoms. The number of rotatable bonds is 7. The molecule has 0 aliphatic carbocycles. The summed E-state index contributed by atoms with van der Waals surface area (Å²) in [6, 6.07) is 5.58. The number of nitrogens with zero attached hydrogens (tertiary/aromatic N) is 5. The highest BCUT2D eigenvalue weighted by Crippen LogP contribution is 2.27. The molecule has 36 heavy (non-hydrogen) atoms. The Labute approximate surface area is 217 Å². The van der Waals surface area contributed by atoms with Gasteiger partial charge >= 0.3 is 5.69 Å². The molecule has 194 valence electrons. The molecule has 0 atom stereocenters. The van der Waals surface area contributed by atoms with Gasteiger partial charge in [0.05, 0.1) is 11.7 Å². The second-order valence-corrected chi connectivity index (χ2v) is 9.55. The number of aliphatic imine (C=N–C) groups is 1. The third-order valence-corrected chi connectivity index (χ3v) is 7.07. The Balaban J connectivity index is 0.000000454. The number of hydrogen-bond donors (Lipinski definition) is 0. The molecule has 2 aliphatic heterocycles. The van der Waals surface area contributed by atoms with Crippen molar-refractivity contribution in [2.45, 2.75) is 65.3 Å². The summed E-state index contributed by atoms with van der Waals surface area (Å²) in [7, 11) is 0. The van der Waals surface area contributed by atoms with Crippen LogP contribution in [-0.2, 0) is 4.79 Å². The van der Waals surface area contributed by atoms with Gasteiger partial charge in [-0.25, -0.2) is 18.4 Å². The van der Waals surface area contributed by atoms with Gasteiger partial charge in [0.2, 0.25) is 6.41 Å². The highest BCUT2D eigenvalue weighted by atomic mass is 35.5. The topological polar surface area (TPSA) is 72.5 Å². The van der Waals surface area contributed by atoms with Crippen molar-refractivity contribution in [1.29, 1.82) is 0 Å². The molecule has 1 aromatic heterocycles. The standard InChI is InChI=1S/C20H19ClFN5O2.C7H16/c21-15-11-14(5-8-23-12-15)19-24-27(18-6-9-25(13-28)10-7-18)20(29)26(19)17-3-1-16(22)2-4-17;1-4-7(5-2)6-3/h1-5,8,12-13,18H,6-7,9-11H2;7H,4-6H2,1-3H3. The fourth-order valence-electron chi connectivity index (χ4n) is 4.45. The van der Waals surface area contributed by atoms with E-state index in [1.807, 2.05) is 0 Å². The highest BCUT2D eigenvalue weighted by molar-refractivity contribution is 6.30. The molecule has 0 unspecified atom stereocenters. The van der Waals surface area contributed by atoms with Crippen molar-refractivity contribution in [3.8, 4) is 5.69 Å². The molecule has 1 saturated heterocycles. The monoisotopic (exact) mass is 515 g/mol. The number of allylic oxidation sites excluding steroid dienone is 3. The quantitative estimate of drug-likeness (QED) is 0.441. The van der Waals surface area contributed by atoms with Gasteiger partial charge in [0.15, 0.2) is 5.82 Å². The summed E-state index contributed by atoms with van der Waals surface area (Å²) in [5.74, 6) is 1.04. The maximum Gasteiger partial charge on any atom is 0.351 e. The van der Waals surface area contributed by atoms with E-state index in [2.05, 4.69) is 30.9 Å². The first-order valence-corrected chi connectivity index (χ1v) is 13.0. The summed E-state index contributed by atoms with van der Waals surface area (Å²) in [5.41, 5.74) is 0.946. The molecular weight excluding hydrogens is 481 g/mol. The minimum Gasteiger partial charge on any atom is -0.345 e. The summed E-state index contributed by atoms with van der Waals surface area (Å²) >= 11 is 6.21. The maximum atomic E-state index is 13.4. The van der Waals surface area contributed by atoms with E-state index >= 15 is 0 Å². The molecule has 2 aliphatic rings. The summed E-state index contributed by atoms with van der Waals surface area (Å²) < 4.78 is 16.4. The zero-order valence-electron chi connectivity index (χ0n) is 21.2. The molecular formula is C27H35ClFN5O2. The summed E-state index contributed by atoms with van der Waals surface area (Å²) in [4.78, 5) is 30.1. The first-order valence-electron chi connectivity index (χ1n) is 12.7. The van der Waals surface area contributed by atoms with Crippen molar-refractivity contribution < 1.29 is 9.18 Å². The van der Waals surface area contributed by atoms with E-state index in [0.29, 0.717) is 48.9 Å². The first-order chi connectivity index (χ1) is 17.4. The molecule has 7 nitrogen and oxygen atoms in total. The number of carbonyl (C=O) groups is 1. The van der Waals surface area contributed by atoms with Gasteiger partial charge < -0.3 is 4.90 Å². The van der Waals surface area contributed by atoms with Crippen molar-refractivity contribution in [3.05, 3.63) is 63.7 Å². The van der Waals surface area contributed by atoms with Crippen LogP contribution in [0, 0.1) is 11.7 Å². The Morgan fingerprint density at radius 1 is 1.11 bits per heavy atom. The Bertz CT molecular complexity index is 1150. The minimum atomic E-state index is -0.385. The Morgan fingerprint density at radius 3 is 2.31 bits per heavy atom. The Morgan fingerprint density at radius 2 is 1.75 bits per heavy atom. The molecule has 0 N–H and O–H groups in total. The molecule has 0 bridgehead atoms. The number of benzene rings is 1. The fraction of sp³-hybridized carbons (Fsp3) is 0.481. The lowest BCUT2D eigenvalue weighted by molar-refractivity contribution is -0.119. The van der Waals surface area contributed by atoms with Crippen LogP contribution in [0.2, 0.25) is 0 Å². The second-order valence-electron chi connectivity index (χ2n) is 9.07. The zero-order chi connectivity index (χ0) is 26.1. The third kappa shape index (κ3) is 6.81. The van der Waals surface area contributed by atoms with Crippen LogP contribution in [0.4, 0.5) is 4.39 Å². The molecule has 0 saturated carbocycles. The third-order valence-electron chi connectivity index (χ3n) is 6.84. The lowest BCUT2D eigenvalue weighted by atomic mass is 10.0. The van der Waals surface area contributed by atoms with E-state index in [1.165, 1.54) is 40.6 Å². The zero-order valence-corrected chi connectivity index (χ0v) is 22.0. The number of likely N-dealkylation sites (tertiary alicyclic amines) is 1. The van der Waals surface area contributed by atoms with Crippen molar-refractivity contribution in [1.82, 2.24) is 19.2 Å². The molecule has 0 radical (unpaired) electrons. The van der Waals surface area contributed by atoms with Crippen LogP contribution >= 0.6 is 11.6 Å². The summed E-state index contributed by atoms with van der Waals surface area (Å²) in [6.07, 6.45) is 11.5. The Hall–Kier alpha value is -3.00. The van der Waals surface area contributed by atoms with E-state index in [4.69, 9.17) is 11.6 Å². The fourth-order valence-corrected chi connectivity index (χ4v) is 4.65. The van der Waals surface area contributed by atoms with Crippen molar-refractivity contribution in [2.24, 2.45) is 10.9 Å². The molecule has 2 aromatic rings. The SMILES string of the molecule is CCC(CC)CC.O=CN1CCC(n2nc(C3=CC=NC=C(Cl)C3)n(-c3ccc(F)cc3)c2=O)CC1. The van der Waals surface area contributed by atoms with Crippen LogP contribution in [0.5, 0.6) is 0 Å². The molecule has 4 rings (SSSR count). The van der Waals surface area contributed by atoms with Gasteiger partial charge in [0.1, 0.15) is 5.82 Å². The van der Waals surface area contributed by atoms with Crippen LogP contribution in [0.1, 0.15) is 71.2 Å². The summed E-state index contributed by atoms with van der Waals surface area (Å²) in [5, 5.41) is 5.16. The number of aromatic nitrogens is 3. The van der Waals surface area contributed by atoms with Crippen LogP contribution in [0.15, 0.2) is 51.4 Å². The van der Waals surface area contributed by atoms with Gasteiger partial charge in [-0.15, -0.1) is 5.10 Å². The smallest absolute Gasteiger partial charge is 0.345 e. The lowest BCUT2D eigenvalue weighted by Gasteiger charge is -2.28. The van der Waals surface area contributed by atoms with Gasteiger partial charge in [-0.2, -0.15) is 0 Å². The molecule has 1 amide bonds. The van der Waals surface area contributed by atoms with Crippen LogP contribution < -0.4 is 5.69 Å². The van der Waals surface area contributed by atoms with Crippen molar-refractivity contribution in [3.63, 3.8) is 0 Å². The van der Waals surface area contributed by atoms with Gasteiger partial charge in [-0.3, -0.25) is 9.79 Å². The first kappa shape index (κ1) is 27.6. The number of carbonyl (C=O) groups excluding carboxylic acids is 1. The summed E-state index contributed by atoms with van der Waals surface area (Å²) in [6.45, 7) is 7.93. The van der Waals surface area contributed by atoms with Gasteiger partial charge in [0.25, 0.3) is 0 Å². The van der Waals surface area contributed by atoms with E-state index in [0.717, 1.165) is 17.9 Å². The van der Waals surface area contributed by atoms with E-state index < -0.39 is 0 Å². The highest BCUT2D eigenvalue weighted by Gasteiger charge is 2.26. The number of hydrogen-bond acceptors (Lipinski definition) is 4. The van der Waals surface area contributed by atoms with Crippen LogP contribution in [0.25, 0.3) is 11.3 Å². The molecule has 1 fully saturated rings. The molecule has 3 heterocycles. The van der Waals surface area contributed by atoms with Gasteiger partial charge in [-0.05, 0) is 49.1 Å². The van der Waals surface area contributed by atoms with Gasteiger partial charge in [0, 0.05) is 42.5 Å². The van der Waals surface area contributed by atoms with Crippen LogP contribution in [0.3, 0.4) is 0 Å². The number of piperidine rings is 1. The average molecular weight is 516 g/mol. The van der Waals surface area contributed by atoms with E-state index in [1.54, 1.807) is 35.5 Å². The average Bonchev–Trinajstić information content (AvgIpc) is 3.09. The predicted molar refractivity (Wildman–Crippen MR) is 143 cm³/mol. The van der Waals surface area contributed by atoms with Crippen LogP contribution in [-0.4, -0.2) is 45.0 Å². The largest absolute Gasteiger partial charge is 0.351 e. The normalized spacial score (nSPS) is 16.2. The van der Waals surface area contributed by atoms with E-state index in [9.17, 15) is 14.0 Å². The van der Waals surface area contributed by atoms with E-state index in [-0.39, 0.29) is 17.5 Å². The minimum absolute atomic E-state index is 0.120. The maximum absolute atomic E-state index is 13.4. The molecule has 0 spiro atoms. The number of halogens is 2. The number of amides is 1.